The zero-order valence-electron chi connectivity index (χ0n) is 12.5. The van der Waals surface area contributed by atoms with E-state index in [2.05, 4.69) is 10.3 Å². The lowest BCUT2D eigenvalue weighted by molar-refractivity contribution is 0.0773. The van der Waals surface area contributed by atoms with Gasteiger partial charge in [-0.15, -0.1) is 0 Å². The summed E-state index contributed by atoms with van der Waals surface area (Å²) in [5, 5.41) is 3.33. The van der Waals surface area contributed by atoms with E-state index in [1.807, 2.05) is 55.1 Å². The maximum Gasteiger partial charge on any atom is 0.253 e. The molecule has 0 fully saturated rings. The number of amides is 1. The Hall–Kier alpha value is -2.36. The maximum absolute atomic E-state index is 12.2. The first-order valence-corrected chi connectivity index (χ1v) is 7.26. The van der Waals surface area contributed by atoms with Gasteiger partial charge in [-0.3, -0.25) is 9.78 Å². The summed E-state index contributed by atoms with van der Waals surface area (Å²) < 4.78 is 0. The first-order valence-electron chi connectivity index (χ1n) is 7.26. The average molecular weight is 283 g/mol. The van der Waals surface area contributed by atoms with Gasteiger partial charge in [-0.25, -0.2) is 0 Å². The van der Waals surface area contributed by atoms with Gasteiger partial charge in [0.2, 0.25) is 0 Å². The minimum absolute atomic E-state index is 0.0840. The molecular weight excluding hydrogens is 262 g/mol. The molecule has 0 aliphatic rings. The fraction of sp³-hybridized carbons (Fsp3) is 0.294. The van der Waals surface area contributed by atoms with Crippen molar-refractivity contribution < 1.29 is 4.79 Å². The van der Waals surface area contributed by atoms with E-state index in [4.69, 9.17) is 0 Å². The Morgan fingerprint density at radius 3 is 2.24 bits per heavy atom. The normalized spacial score (nSPS) is 10.2. The molecule has 0 aliphatic carbocycles. The number of benzene rings is 1. The number of carbonyl (C=O) groups excluding carboxylic acids is 1. The third-order valence-corrected chi connectivity index (χ3v) is 3.43. The zero-order valence-corrected chi connectivity index (χ0v) is 12.5. The van der Waals surface area contributed by atoms with E-state index < -0.39 is 0 Å². The van der Waals surface area contributed by atoms with E-state index >= 15 is 0 Å². The standard InChI is InChI=1S/C17H21N3O/c1-3-20(4-2)17(21)15-5-7-16(8-6-15)19-13-14-9-11-18-12-10-14/h5-12,19H,3-4,13H2,1-2H3. The van der Waals surface area contributed by atoms with Crippen LogP contribution in [0.3, 0.4) is 0 Å². The van der Waals surface area contributed by atoms with Crippen LogP contribution in [-0.2, 0) is 6.54 Å². The lowest BCUT2D eigenvalue weighted by Gasteiger charge is -2.18. The molecule has 110 valence electrons. The molecule has 1 heterocycles. The van der Waals surface area contributed by atoms with Crippen molar-refractivity contribution in [1.29, 1.82) is 0 Å². The molecule has 0 spiro atoms. The fourth-order valence-electron chi connectivity index (χ4n) is 2.13. The third-order valence-electron chi connectivity index (χ3n) is 3.43. The Morgan fingerprint density at radius 1 is 1.05 bits per heavy atom. The number of hydrogen-bond donors (Lipinski definition) is 1. The van der Waals surface area contributed by atoms with E-state index in [9.17, 15) is 4.79 Å². The van der Waals surface area contributed by atoms with Gasteiger partial charge in [0.05, 0.1) is 0 Å². The van der Waals surface area contributed by atoms with E-state index in [0.29, 0.717) is 0 Å². The van der Waals surface area contributed by atoms with Gasteiger partial charge in [-0.05, 0) is 55.8 Å². The number of pyridine rings is 1. The van der Waals surface area contributed by atoms with Crippen molar-refractivity contribution in [2.45, 2.75) is 20.4 Å². The molecule has 0 unspecified atom stereocenters. The van der Waals surface area contributed by atoms with E-state index in [1.165, 1.54) is 5.56 Å². The lowest BCUT2D eigenvalue weighted by atomic mass is 10.1. The summed E-state index contributed by atoms with van der Waals surface area (Å²) in [5.41, 5.74) is 2.91. The fourth-order valence-corrected chi connectivity index (χ4v) is 2.13. The monoisotopic (exact) mass is 283 g/mol. The first-order chi connectivity index (χ1) is 10.2. The van der Waals surface area contributed by atoms with Crippen molar-refractivity contribution in [3.63, 3.8) is 0 Å². The molecule has 1 N–H and O–H groups in total. The Morgan fingerprint density at radius 2 is 1.67 bits per heavy atom. The summed E-state index contributed by atoms with van der Waals surface area (Å²) in [6.45, 7) is 6.19. The SMILES string of the molecule is CCN(CC)C(=O)c1ccc(NCc2ccncc2)cc1. The quantitative estimate of drug-likeness (QED) is 0.885. The van der Waals surface area contributed by atoms with Crippen LogP contribution in [-0.4, -0.2) is 28.9 Å². The molecule has 21 heavy (non-hydrogen) atoms. The van der Waals surface area contributed by atoms with Crippen molar-refractivity contribution in [2.24, 2.45) is 0 Å². The highest BCUT2D eigenvalue weighted by atomic mass is 16.2. The number of rotatable bonds is 6. The first kappa shape index (κ1) is 15.0. The lowest BCUT2D eigenvalue weighted by Crippen LogP contribution is -2.30. The van der Waals surface area contributed by atoms with Crippen LogP contribution in [0.2, 0.25) is 0 Å². The van der Waals surface area contributed by atoms with Gasteiger partial charge in [-0.1, -0.05) is 0 Å². The Labute approximate surface area is 125 Å². The topological polar surface area (TPSA) is 45.2 Å². The van der Waals surface area contributed by atoms with Crippen LogP contribution in [0.25, 0.3) is 0 Å². The molecule has 1 aromatic carbocycles. The zero-order chi connectivity index (χ0) is 15.1. The van der Waals surface area contributed by atoms with Crippen LogP contribution in [0.4, 0.5) is 5.69 Å². The van der Waals surface area contributed by atoms with Crippen molar-refractivity contribution in [3.05, 3.63) is 59.9 Å². The molecule has 1 amide bonds. The van der Waals surface area contributed by atoms with Gasteiger partial charge in [-0.2, -0.15) is 0 Å². The third kappa shape index (κ3) is 4.05. The van der Waals surface area contributed by atoms with Gasteiger partial charge >= 0.3 is 0 Å². The van der Waals surface area contributed by atoms with E-state index in [1.54, 1.807) is 12.4 Å². The highest BCUT2D eigenvalue weighted by molar-refractivity contribution is 5.94. The second-order valence-electron chi connectivity index (χ2n) is 4.76. The predicted molar refractivity (Wildman–Crippen MR) is 85.3 cm³/mol. The second kappa shape index (κ2) is 7.43. The van der Waals surface area contributed by atoms with Gasteiger partial charge in [0.15, 0.2) is 0 Å². The highest BCUT2D eigenvalue weighted by Crippen LogP contribution is 2.13. The molecule has 2 aromatic rings. The summed E-state index contributed by atoms with van der Waals surface area (Å²) in [6, 6.07) is 11.6. The number of aromatic nitrogens is 1. The number of carbonyl (C=O) groups is 1. The molecule has 1 aromatic heterocycles. The molecule has 0 saturated carbocycles. The van der Waals surface area contributed by atoms with Crippen LogP contribution < -0.4 is 5.32 Å². The molecular formula is C17H21N3O. The van der Waals surface area contributed by atoms with Crippen molar-refractivity contribution in [3.8, 4) is 0 Å². The Balaban J connectivity index is 1.97. The second-order valence-corrected chi connectivity index (χ2v) is 4.76. The van der Waals surface area contributed by atoms with Crippen molar-refractivity contribution in [2.75, 3.05) is 18.4 Å². The van der Waals surface area contributed by atoms with Crippen LogP contribution in [0.1, 0.15) is 29.8 Å². The summed E-state index contributed by atoms with van der Waals surface area (Å²) in [6.07, 6.45) is 3.56. The molecule has 0 aliphatic heterocycles. The summed E-state index contributed by atoms with van der Waals surface area (Å²) >= 11 is 0. The van der Waals surface area contributed by atoms with E-state index in [0.717, 1.165) is 30.9 Å². The molecule has 4 nitrogen and oxygen atoms in total. The number of nitrogens with one attached hydrogen (secondary N) is 1. The minimum atomic E-state index is 0.0840. The van der Waals surface area contributed by atoms with Gasteiger partial charge in [0, 0.05) is 43.3 Å². The van der Waals surface area contributed by atoms with Crippen LogP contribution in [0.15, 0.2) is 48.8 Å². The number of hydrogen-bond acceptors (Lipinski definition) is 3. The summed E-state index contributed by atoms with van der Waals surface area (Å²) in [7, 11) is 0. The smallest absolute Gasteiger partial charge is 0.253 e. The van der Waals surface area contributed by atoms with E-state index in [-0.39, 0.29) is 5.91 Å². The Kier molecular flexibility index (Phi) is 5.32. The number of nitrogens with zero attached hydrogens (tertiary/aromatic N) is 2. The molecule has 0 radical (unpaired) electrons. The molecule has 0 saturated heterocycles. The molecule has 4 heteroatoms. The van der Waals surface area contributed by atoms with Gasteiger partial charge in [0.25, 0.3) is 5.91 Å². The van der Waals surface area contributed by atoms with Crippen molar-refractivity contribution in [1.82, 2.24) is 9.88 Å². The number of anilines is 1. The van der Waals surface area contributed by atoms with Crippen LogP contribution in [0.5, 0.6) is 0 Å². The maximum atomic E-state index is 12.2. The van der Waals surface area contributed by atoms with Gasteiger partial charge in [0.1, 0.15) is 0 Å². The van der Waals surface area contributed by atoms with Gasteiger partial charge < -0.3 is 10.2 Å². The molecule has 0 bridgehead atoms. The Bertz CT molecular complexity index is 562. The van der Waals surface area contributed by atoms with Crippen LogP contribution >= 0.6 is 0 Å². The largest absolute Gasteiger partial charge is 0.381 e. The molecule has 2 rings (SSSR count). The highest BCUT2D eigenvalue weighted by Gasteiger charge is 2.11. The predicted octanol–water partition coefficient (Wildman–Crippen LogP) is 3.18. The summed E-state index contributed by atoms with van der Waals surface area (Å²) in [5.74, 6) is 0.0840. The summed E-state index contributed by atoms with van der Waals surface area (Å²) in [4.78, 5) is 18.0. The minimum Gasteiger partial charge on any atom is -0.381 e. The van der Waals surface area contributed by atoms with Crippen LogP contribution in [0, 0.1) is 0 Å². The van der Waals surface area contributed by atoms with Crippen molar-refractivity contribution >= 4 is 11.6 Å². The molecule has 0 atom stereocenters. The average Bonchev–Trinajstić information content (AvgIpc) is 2.55.